The van der Waals surface area contributed by atoms with Crippen molar-refractivity contribution < 1.29 is 34.5 Å². The maximum atomic E-state index is 13.1. The molecule has 0 bridgehead atoms. The van der Waals surface area contributed by atoms with Crippen molar-refractivity contribution in [2.45, 2.75) is 37.0 Å². The predicted octanol–water partition coefficient (Wildman–Crippen LogP) is -2.31. The molecule has 0 fully saturated rings. The lowest BCUT2D eigenvalue weighted by Gasteiger charge is -2.25. The highest BCUT2D eigenvalue weighted by Crippen LogP contribution is 2.12. The Labute approximate surface area is 205 Å². The third-order valence-corrected chi connectivity index (χ3v) is 5.32. The summed E-state index contributed by atoms with van der Waals surface area (Å²) >= 11 is 3.93. The van der Waals surface area contributed by atoms with Crippen LogP contribution in [0.25, 0.3) is 0 Å². The van der Waals surface area contributed by atoms with Gasteiger partial charge in [0.25, 0.3) is 0 Å². The van der Waals surface area contributed by atoms with E-state index in [9.17, 15) is 29.4 Å². The van der Waals surface area contributed by atoms with Crippen molar-refractivity contribution in [3.05, 3.63) is 48.0 Å². The van der Waals surface area contributed by atoms with Crippen LogP contribution < -0.4 is 21.7 Å². The first-order valence-electron chi connectivity index (χ1n) is 10.5. The molecule has 0 saturated carbocycles. The van der Waals surface area contributed by atoms with Gasteiger partial charge in [0.1, 0.15) is 29.9 Å². The van der Waals surface area contributed by atoms with Crippen molar-refractivity contribution in [3.8, 4) is 5.75 Å². The summed E-state index contributed by atoms with van der Waals surface area (Å²) in [4.78, 5) is 56.3. The highest BCUT2D eigenvalue weighted by Gasteiger charge is 2.30. The van der Waals surface area contributed by atoms with Gasteiger partial charge < -0.3 is 42.0 Å². The second kappa shape index (κ2) is 13.3. The first kappa shape index (κ1) is 27.6. The lowest BCUT2D eigenvalue weighted by molar-refractivity contribution is -0.141. The Bertz CT molecular complexity index is 1000. The Balaban J connectivity index is 2.26. The standard InChI is InChI=1S/C21H28N6O7S/c22-14(8-28)18(30)25-16(6-12-7-23-10-24-12)20(32)26-15(5-11-1-3-13(29)4-2-11)19(31)27-17(9-35)21(33)34/h1-4,7,10,14-17,28-29,35H,5-6,8-9,22H2,(H,23,24)(H,25,30)(H,26,32)(H,27,31)(H,33,34). The number of imidazole rings is 1. The molecule has 0 spiro atoms. The van der Waals surface area contributed by atoms with Crippen molar-refractivity contribution in [1.29, 1.82) is 0 Å². The van der Waals surface area contributed by atoms with Crippen LogP contribution in [0.3, 0.4) is 0 Å². The number of thiol groups is 1. The van der Waals surface area contributed by atoms with Gasteiger partial charge in [-0.05, 0) is 17.7 Å². The van der Waals surface area contributed by atoms with E-state index >= 15 is 0 Å². The number of hydrogen-bond donors (Lipinski definition) is 9. The topological polar surface area (TPSA) is 220 Å². The Morgan fingerprint density at radius 3 is 2.06 bits per heavy atom. The molecule has 35 heavy (non-hydrogen) atoms. The van der Waals surface area contributed by atoms with Gasteiger partial charge >= 0.3 is 5.97 Å². The lowest BCUT2D eigenvalue weighted by atomic mass is 10.0. The van der Waals surface area contributed by atoms with Crippen LogP contribution in [0, 0.1) is 0 Å². The normalized spacial score (nSPS) is 14.3. The molecule has 13 nitrogen and oxygen atoms in total. The van der Waals surface area contributed by atoms with Crippen LogP contribution in [-0.2, 0) is 32.0 Å². The van der Waals surface area contributed by atoms with E-state index in [4.69, 9.17) is 10.8 Å². The molecule has 1 aromatic heterocycles. The number of H-pyrrole nitrogens is 1. The van der Waals surface area contributed by atoms with Crippen LogP contribution in [0.2, 0.25) is 0 Å². The molecule has 0 aliphatic heterocycles. The number of amides is 3. The van der Waals surface area contributed by atoms with Gasteiger partial charge in [0, 0.05) is 30.5 Å². The molecule has 14 heteroatoms. The van der Waals surface area contributed by atoms with Crippen LogP contribution in [0.4, 0.5) is 0 Å². The molecule has 4 unspecified atom stereocenters. The molecule has 1 heterocycles. The van der Waals surface area contributed by atoms with Gasteiger partial charge in [0.15, 0.2) is 0 Å². The number of nitrogens with zero attached hydrogens (tertiary/aromatic N) is 1. The molecule has 2 aromatic rings. The van der Waals surface area contributed by atoms with Crippen molar-refractivity contribution >= 4 is 36.3 Å². The van der Waals surface area contributed by atoms with Gasteiger partial charge in [-0.2, -0.15) is 12.6 Å². The number of aliphatic hydroxyl groups excluding tert-OH is 1. The van der Waals surface area contributed by atoms with Crippen molar-refractivity contribution in [2.75, 3.05) is 12.4 Å². The number of benzene rings is 1. The van der Waals surface area contributed by atoms with E-state index in [0.717, 1.165) is 0 Å². The average Bonchev–Trinajstić information content (AvgIpc) is 3.35. The number of nitrogens with two attached hydrogens (primary N) is 1. The van der Waals surface area contributed by atoms with Gasteiger partial charge in [-0.15, -0.1) is 0 Å². The van der Waals surface area contributed by atoms with Gasteiger partial charge in [0.2, 0.25) is 17.7 Å². The van der Waals surface area contributed by atoms with E-state index in [1.165, 1.54) is 24.7 Å². The minimum Gasteiger partial charge on any atom is -0.508 e. The smallest absolute Gasteiger partial charge is 0.327 e. The SMILES string of the molecule is NC(CO)C(=O)NC(Cc1cnc[nH]1)C(=O)NC(Cc1ccc(O)cc1)C(=O)NC(CS)C(=O)O. The van der Waals surface area contributed by atoms with Crippen LogP contribution in [0.1, 0.15) is 11.3 Å². The van der Waals surface area contributed by atoms with Crippen molar-refractivity contribution in [3.63, 3.8) is 0 Å². The van der Waals surface area contributed by atoms with E-state index < -0.39 is 54.5 Å². The molecule has 0 radical (unpaired) electrons. The number of aromatic amines is 1. The maximum absolute atomic E-state index is 13.1. The van der Waals surface area contributed by atoms with E-state index in [1.54, 1.807) is 12.1 Å². The highest BCUT2D eigenvalue weighted by atomic mass is 32.1. The number of phenols is 1. The number of aromatic nitrogens is 2. The monoisotopic (exact) mass is 508 g/mol. The molecular weight excluding hydrogens is 480 g/mol. The maximum Gasteiger partial charge on any atom is 0.327 e. The van der Waals surface area contributed by atoms with Crippen LogP contribution >= 0.6 is 12.6 Å². The van der Waals surface area contributed by atoms with Gasteiger partial charge in [-0.3, -0.25) is 14.4 Å². The number of carbonyl (C=O) groups is 4. The third kappa shape index (κ3) is 8.59. The Morgan fingerprint density at radius 2 is 1.54 bits per heavy atom. The molecule has 4 atom stereocenters. The van der Waals surface area contributed by atoms with Crippen LogP contribution in [0.15, 0.2) is 36.8 Å². The molecule has 190 valence electrons. The average molecular weight is 509 g/mol. The van der Waals surface area contributed by atoms with Gasteiger partial charge in [-0.1, -0.05) is 12.1 Å². The second-order valence-electron chi connectivity index (χ2n) is 7.64. The fourth-order valence-electron chi connectivity index (χ4n) is 2.99. The molecule has 0 saturated heterocycles. The van der Waals surface area contributed by atoms with Crippen molar-refractivity contribution in [1.82, 2.24) is 25.9 Å². The van der Waals surface area contributed by atoms with E-state index in [0.29, 0.717) is 11.3 Å². The number of rotatable bonds is 13. The summed E-state index contributed by atoms with van der Waals surface area (Å²) in [6.45, 7) is -0.642. The molecular formula is C21H28N6O7S. The van der Waals surface area contributed by atoms with E-state index in [1.807, 2.05) is 0 Å². The minimum absolute atomic E-state index is 0.00218. The van der Waals surface area contributed by atoms with Crippen LogP contribution in [-0.4, -0.2) is 85.5 Å². The van der Waals surface area contributed by atoms with E-state index in [-0.39, 0.29) is 24.3 Å². The summed E-state index contributed by atoms with van der Waals surface area (Å²) in [6.07, 6.45) is 2.76. The lowest BCUT2D eigenvalue weighted by Crippen LogP contribution is -2.58. The number of aliphatic carboxylic acids is 1. The predicted molar refractivity (Wildman–Crippen MR) is 126 cm³/mol. The summed E-state index contributed by atoms with van der Waals surface area (Å²) in [5.74, 6) is -3.81. The Kier molecular flexibility index (Phi) is 10.5. The number of carboxylic acids is 1. The first-order valence-corrected chi connectivity index (χ1v) is 11.1. The zero-order chi connectivity index (χ0) is 26.0. The molecule has 9 N–H and O–H groups in total. The number of hydrogen-bond acceptors (Lipinski definition) is 9. The summed E-state index contributed by atoms with van der Waals surface area (Å²) in [5, 5.41) is 35.2. The number of aliphatic hydroxyl groups is 1. The zero-order valence-electron chi connectivity index (χ0n) is 18.5. The summed E-state index contributed by atoms with van der Waals surface area (Å²) in [5.41, 5.74) is 6.61. The molecule has 3 amide bonds. The molecule has 0 aliphatic rings. The first-order chi connectivity index (χ1) is 16.6. The Hall–Kier alpha value is -3.62. The number of carbonyl (C=O) groups excluding carboxylic acids is 3. The summed E-state index contributed by atoms with van der Waals surface area (Å²) < 4.78 is 0. The number of nitrogens with one attached hydrogen (secondary N) is 4. The van der Waals surface area contributed by atoms with Crippen LogP contribution in [0.5, 0.6) is 5.75 Å². The highest BCUT2D eigenvalue weighted by molar-refractivity contribution is 7.80. The van der Waals surface area contributed by atoms with Gasteiger partial charge in [-0.25, -0.2) is 9.78 Å². The Morgan fingerprint density at radius 1 is 0.971 bits per heavy atom. The second-order valence-corrected chi connectivity index (χ2v) is 8.01. The fraction of sp³-hybridized carbons (Fsp3) is 0.381. The quantitative estimate of drug-likeness (QED) is 0.132. The molecule has 1 aromatic carbocycles. The molecule has 2 rings (SSSR count). The van der Waals surface area contributed by atoms with E-state index in [2.05, 4.69) is 38.5 Å². The fourth-order valence-corrected chi connectivity index (χ4v) is 3.24. The largest absolute Gasteiger partial charge is 0.508 e. The van der Waals surface area contributed by atoms with Crippen molar-refractivity contribution in [2.24, 2.45) is 5.73 Å². The number of phenolic OH excluding ortho intramolecular Hbond substituents is 1. The number of aromatic hydroxyl groups is 1. The third-order valence-electron chi connectivity index (χ3n) is 4.95. The summed E-state index contributed by atoms with van der Waals surface area (Å²) in [7, 11) is 0. The number of carboxylic acid groups (broad SMARTS) is 1. The zero-order valence-corrected chi connectivity index (χ0v) is 19.4. The molecule has 0 aliphatic carbocycles. The van der Waals surface area contributed by atoms with Gasteiger partial charge in [0.05, 0.1) is 12.9 Å². The summed E-state index contributed by atoms with van der Waals surface area (Å²) in [6, 6.07) is 0.882. The minimum atomic E-state index is -1.30.